The Morgan fingerprint density at radius 3 is 2.21 bits per heavy atom. The second kappa shape index (κ2) is 9.89. The van der Waals surface area contributed by atoms with Gasteiger partial charge in [0.05, 0.1) is 25.8 Å². The van der Waals surface area contributed by atoms with Crippen LogP contribution in [0.3, 0.4) is 0 Å². The fourth-order valence-corrected chi connectivity index (χ4v) is 4.15. The number of Topliss-reactive ketones (excluding diaryl/α,β-unsaturated/α-hetero) is 1. The number of hydrogen-bond donors (Lipinski definition) is 1. The number of aliphatic hydroxyl groups is 1. The largest absolute Gasteiger partial charge is 0.507 e. The number of benzene rings is 2. The average molecular weight is 467 g/mol. The van der Waals surface area contributed by atoms with Crippen LogP contribution in [0.25, 0.3) is 5.76 Å². The van der Waals surface area contributed by atoms with E-state index >= 15 is 0 Å². The molecular weight excluding hydrogens is 432 g/mol. The van der Waals surface area contributed by atoms with Crippen LogP contribution in [0.2, 0.25) is 0 Å². The predicted molar refractivity (Wildman–Crippen MR) is 132 cm³/mol. The van der Waals surface area contributed by atoms with Crippen LogP contribution in [0, 0.1) is 0 Å². The molecule has 1 aliphatic heterocycles. The SMILES string of the molecule is COc1ccc(C2/C(=C(/O)c3ccc(OC)c(C(C)(C)C)c3)C(=O)C(=O)N2CCN(C)C)cc1. The topological polar surface area (TPSA) is 79.3 Å². The number of likely N-dealkylation sites (N-methyl/N-ethyl adjacent to an activating group) is 1. The summed E-state index contributed by atoms with van der Waals surface area (Å²) in [4.78, 5) is 29.8. The van der Waals surface area contributed by atoms with Gasteiger partial charge >= 0.3 is 0 Å². The van der Waals surface area contributed by atoms with E-state index < -0.39 is 17.7 Å². The number of methoxy groups -OCH3 is 2. The molecule has 0 aromatic heterocycles. The van der Waals surface area contributed by atoms with Gasteiger partial charge in [0, 0.05) is 24.2 Å². The first-order valence-corrected chi connectivity index (χ1v) is 11.3. The molecule has 1 heterocycles. The van der Waals surface area contributed by atoms with Gasteiger partial charge < -0.3 is 24.4 Å². The lowest BCUT2D eigenvalue weighted by Crippen LogP contribution is -2.35. The van der Waals surface area contributed by atoms with E-state index in [1.165, 1.54) is 4.90 Å². The van der Waals surface area contributed by atoms with Crippen LogP contribution in [-0.2, 0) is 15.0 Å². The third kappa shape index (κ3) is 4.94. The molecule has 7 heteroatoms. The second-order valence-electron chi connectivity index (χ2n) is 9.73. The van der Waals surface area contributed by atoms with E-state index in [0.29, 0.717) is 30.2 Å². The van der Waals surface area contributed by atoms with Gasteiger partial charge in [-0.3, -0.25) is 9.59 Å². The van der Waals surface area contributed by atoms with E-state index in [1.54, 1.807) is 38.5 Å². The standard InChI is InChI=1S/C27H34N2O5/c1-27(2,3)20-16-18(10-13-21(20)34-7)24(30)22-23(17-8-11-19(33-6)12-9-17)29(15-14-28(4)5)26(32)25(22)31/h8-13,16,23,30H,14-15H2,1-7H3/b24-22-. The van der Waals surface area contributed by atoms with Crippen molar-refractivity contribution in [2.75, 3.05) is 41.4 Å². The molecule has 2 aromatic carbocycles. The minimum Gasteiger partial charge on any atom is -0.507 e. The van der Waals surface area contributed by atoms with Crippen LogP contribution in [-0.4, -0.2) is 68.0 Å². The van der Waals surface area contributed by atoms with Crippen molar-refractivity contribution in [3.05, 3.63) is 64.7 Å². The molecule has 0 radical (unpaired) electrons. The highest BCUT2D eigenvalue weighted by Crippen LogP contribution is 2.41. The molecule has 3 rings (SSSR count). The molecule has 1 unspecified atom stereocenters. The van der Waals surface area contributed by atoms with Crippen molar-refractivity contribution in [1.29, 1.82) is 0 Å². The molecule has 7 nitrogen and oxygen atoms in total. The minimum absolute atomic E-state index is 0.0824. The molecule has 1 amide bonds. The van der Waals surface area contributed by atoms with Crippen LogP contribution in [0.4, 0.5) is 0 Å². The maximum absolute atomic E-state index is 13.2. The first-order valence-electron chi connectivity index (χ1n) is 11.3. The van der Waals surface area contributed by atoms with Crippen molar-refractivity contribution in [3.63, 3.8) is 0 Å². The van der Waals surface area contributed by atoms with Crippen LogP contribution in [0.1, 0.15) is 43.5 Å². The Bertz CT molecular complexity index is 1100. The van der Waals surface area contributed by atoms with E-state index in [0.717, 1.165) is 11.1 Å². The lowest BCUT2D eigenvalue weighted by atomic mass is 9.84. The molecule has 34 heavy (non-hydrogen) atoms. The van der Waals surface area contributed by atoms with Crippen LogP contribution < -0.4 is 9.47 Å². The van der Waals surface area contributed by atoms with Crippen molar-refractivity contribution in [1.82, 2.24) is 9.80 Å². The van der Waals surface area contributed by atoms with Crippen molar-refractivity contribution >= 4 is 17.4 Å². The third-order valence-corrected chi connectivity index (χ3v) is 6.04. The summed E-state index contributed by atoms with van der Waals surface area (Å²) >= 11 is 0. The number of amides is 1. The average Bonchev–Trinajstić information content (AvgIpc) is 3.06. The van der Waals surface area contributed by atoms with Gasteiger partial charge in [0.25, 0.3) is 11.7 Å². The Hall–Kier alpha value is -3.32. The molecular formula is C27H34N2O5. The smallest absolute Gasteiger partial charge is 0.295 e. The number of nitrogens with zero attached hydrogens (tertiary/aromatic N) is 2. The zero-order valence-corrected chi connectivity index (χ0v) is 21.0. The van der Waals surface area contributed by atoms with E-state index in [4.69, 9.17) is 9.47 Å². The van der Waals surface area contributed by atoms with Gasteiger partial charge in [0.2, 0.25) is 0 Å². The van der Waals surface area contributed by atoms with E-state index in [9.17, 15) is 14.7 Å². The highest BCUT2D eigenvalue weighted by atomic mass is 16.5. The number of likely N-dealkylation sites (tertiary alicyclic amines) is 1. The first kappa shape index (κ1) is 25.3. The summed E-state index contributed by atoms with van der Waals surface area (Å²) in [5.41, 5.74) is 1.91. The number of hydrogen-bond acceptors (Lipinski definition) is 6. The molecule has 1 atom stereocenters. The van der Waals surface area contributed by atoms with Crippen LogP contribution >= 0.6 is 0 Å². The number of carbonyl (C=O) groups is 2. The van der Waals surface area contributed by atoms with Gasteiger partial charge in [-0.25, -0.2) is 0 Å². The second-order valence-corrected chi connectivity index (χ2v) is 9.73. The summed E-state index contributed by atoms with van der Waals surface area (Å²) < 4.78 is 10.8. The zero-order chi connectivity index (χ0) is 25.2. The van der Waals surface area contributed by atoms with E-state index in [2.05, 4.69) is 0 Å². The molecule has 1 N–H and O–H groups in total. The van der Waals surface area contributed by atoms with Gasteiger partial charge in [0.15, 0.2) is 0 Å². The summed E-state index contributed by atoms with van der Waals surface area (Å²) in [5, 5.41) is 11.4. The maximum atomic E-state index is 13.2. The fraction of sp³-hybridized carbons (Fsp3) is 0.407. The lowest BCUT2D eigenvalue weighted by molar-refractivity contribution is -0.140. The number of carbonyl (C=O) groups excluding carboxylic acids is 2. The molecule has 1 aliphatic rings. The number of aliphatic hydroxyl groups excluding tert-OH is 1. The first-order chi connectivity index (χ1) is 16.0. The van der Waals surface area contributed by atoms with Gasteiger partial charge in [-0.15, -0.1) is 0 Å². The zero-order valence-electron chi connectivity index (χ0n) is 21.0. The molecule has 2 aromatic rings. The Labute approximate surface area is 201 Å². The monoisotopic (exact) mass is 466 g/mol. The van der Waals surface area contributed by atoms with Crippen molar-refractivity contribution < 1.29 is 24.2 Å². The summed E-state index contributed by atoms with van der Waals surface area (Å²) in [7, 11) is 6.99. The molecule has 0 saturated carbocycles. The highest BCUT2D eigenvalue weighted by molar-refractivity contribution is 6.46. The minimum atomic E-state index is -0.703. The van der Waals surface area contributed by atoms with Gasteiger partial charge in [0.1, 0.15) is 17.3 Å². The molecule has 1 saturated heterocycles. The maximum Gasteiger partial charge on any atom is 0.295 e. The summed E-state index contributed by atoms with van der Waals surface area (Å²) in [5.74, 6) is -0.139. The number of ether oxygens (including phenoxy) is 2. The molecule has 1 fully saturated rings. The van der Waals surface area contributed by atoms with E-state index in [1.807, 2.05) is 58.0 Å². The van der Waals surface area contributed by atoms with E-state index in [-0.39, 0.29) is 16.7 Å². The molecule has 182 valence electrons. The Morgan fingerprint density at radius 2 is 1.68 bits per heavy atom. The molecule has 0 spiro atoms. The summed E-state index contributed by atoms with van der Waals surface area (Å²) in [6, 6.07) is 11.8. The molecule has 0 bridgehead atoms. The Kier molecular flexibility index (Phi) is 7.36. The van der Waals surface area contributed by atoms with Crippen LogP contribution in [0.5, 0.6) is 11.5 Å². The van der Waals surface area contributed by atoms with Gasteiger partial charge in [-0.2, -0.15) is 0 Å². The van der Waals surface area contributed by atoms with Gasteiger partial charge in [-0.05, 0) is 55.4 Å². The van der Waals surface area contributed by atoms with Gasteiger partial charge in [-0.1, -0.05) is 32.9 Å². The summed E-state index contributed by atoms with van der Waals surface area (Å²) in [6.45, 7) is 7.07. The highest BCUT2D eigenvalue weighted by Gasteiger charge is 2.46. The quantitative estimate of drug-likeness (QED) is 0.378. The Morgan fingerprint density at radius 1 is 1.03 bits per heavy atom. The Balaban J connectivity index is 2.19. The third-order valence-electron chi connectivity index (χ3n) is 6.04. The predicted octanol–water partition coefficient (Wildman–Crippen LogP) is 3.98. The number of rotatable bonds is 7. The van der Waals surface area contributed by atoms with Crippen molar-refractivity contribution in [2.45, 2.75) is 32.2 Å². The lowest BCUT2D eigenvalue weighted by Gasteiger charge is -2.27. The number of ketones is 1. The van der Waals surface area contributed by atoms with Crippen molar-refractivity contribution in [3.8, 4) is 11.5 Å². The van der Waals surface area contributed by atoms with Crippen molar-refractivity contribution in [2.24, 2.45) is 0 Å². The van der Waals surface area contributed by atoms with Crippen LogP contribution in [0.15, 0.2) is 48.0 Å². The normalized spacial score (nSPS) is 18.0. The molecule has 0 aliphatic carbocycles. The fourth-order valence-electron chi connectivity index (χ4n) is 4.15. The summed E-state index contributed by atoms with van der Waals surface area (Å²) in [6.07, 6.45) is 0.